The van der Waals surface area contributed by atoms with Gasteiger partial charge in [-0.1, -0.05) is 20.8 Å². The molecular weight excluding hydrogens is 254 g/mol. The molecule has 0 bridgehead atoms. The van der Waals surface area contributed by atoms with Crippen molar-refractivity contribution in [2.45, 2.75) is 65.5 Å². The van der Waals surface area contributed by atoms with Crippen LogP contribution in [0.3, 0.4) is 0 Å². The van der Waals surface area contributed by atoms with Gasteiger partial charge in [0.25, 0.3) is 0 Å². The molecule has 0 saturated carbocycles. The third kappa shape index (κ3) is 3.48. The highest BCUT2D eigenvalue weighted by Gasteiger charge is 2.24. The Morgan fingerprint density at radius 3 is 2.84 bits per heavy atom. The Kier molecular flexibility index (Phi) is 5.64. The van der Waals surface area contributed by atoms with Crippen LogP contribution in [0.15, 0.2) is 0 Å². The Labute approximate surface area is 121 Å². The van der Waals surface area contributed by atoms with E-state index in [2.05, 4.69) is 31.0 Å². The standard InChI is InChI=1S/C15H27N3S/c1-4-12-9-7-8-10-18(12)15-17-13(5-2)14(19-15)11-16-6-3/h12,16H,4-11H2,1-3H3. The van der Waals surface area contributed by atoms with Crippen molar-refractivity contribution in [1.29, 1.82) is 0 Å². The number of aromatic nitrogens is 1. The second kappa shape index (κ2) is 7.25. The van der Waals surface area contributed by atoms with Crippen molar-refractivity contribution in [2.24, 2.45) is 0 Å². The smallest absolute Gasteiger partial charge is 0.186 e. The largest absolute Gasteiger partial charge is 0.345 e. The zero-order valence-corrected chi connectivity index (χ0v) is 13.4. The van der Waals surface area contributed by atoms with Gasteiger partial charge in [0.2, 0.25) is 0 Å². The van der Waals surface area contributed by atoms with Gasteiger partial charge in [-0.2, -0.15) is 0 Å². The van der Waals surface area contributed by atoms with Crippen molar-refractivity contribution >= 4 is 16.5 Å². The van der Waals surface area contributed by atoms with Crippen LogP contribution in [-0.2, 0) is 13.0 Å². The SMILES string of the molecule is CCNCc1sc(N2CCCCC2CC)nc1CC. The third-order valence-electron chi connectivity index (χ3n) is 3.98. The van der Waals surface area contributed by atoms with Gasteiger partial charge in [-0.15, -0.1) is 11.3 Å². The summed E-state index contributed by atoms with van der Waals surface area (Å²) in [5.74, 6) is 0. The lowest BCUT2D eigenvalue weighted by Crippen LogP contribution is -2.39. The maximum atomic E-state index is 4.91. The second-order valence-electron chi connectivity index (χ2n) is 5.25. The average Bonchev–Trinajstić information content (AvgIpc) is 2.88. The molecule has 0 amide bonds. The molecule has 3 nitrogen and oxygen atoms in total. The van der Waals surface area contributed by atoms with Crippen LogP contribution in [0, 0.1) is 0 Å². The van der Waals surface area contributed by atoms with Crippen molar-refractivity contribution in [3.63, 3.8) is 0 Å². The van der Waals surface area contributed by atoms with E-state index in [9.17, 15) is 0 Å². The van der Waals surface area contributed by atoms with E-state index < -0.39 is 0 Å². The number of nitrogens with one attached hydrogen (secondary N) is 1. The van der Waals surface area contributed by atoms with E-state index >= 15 is 0 Å². The summed E-state index contributed by atoms with van der Waals surface area (Å²) in [7, 11) is 0. The lowest BCUT2D eigenvalue weighted by Gasteiger charge is -2.35. The molecule has 1 saturated heterocycles. The second-order valence-corrected chi connectivity index (χ2v) is 6.31. The van der Waals surface area contributed by atoms with Crippen molar-refractivity contribution in [1.82, 2.24) is 10.3 Å². The fourth-order valence-corrected chi connectivity index (χ4v) is 4.04. The van der Waals surface area contributed by atoms with Gasteiger partial charge in [0.15, 0.2) is 5.13 Å². The Balaban J connectivity index is 2.16. The number of hydrogen-bond acceptors (Lipinski definition) is 4. The Morgan fingerprint density at radius 2 is 2.16 bits per heavy atom. The first kappa shape index (κ1) is 14.8. The summed E-state index contributed by atoms with van der Waals surface area (Å²) >= 11 is 1.90. The molecule has 0 aromatic carbocycles. The summed E-state index contributed by atoms with van der Waals surface area (Å²) in [6.07, 6.45) is 6.32. The van der Waals surface area contributed by atoms with Gasteiger partial charge in [0, 0.05) is 24.0 Å². The third-order valence-corrected chi connectivity index (χ3v) is 5.12. The van der Waals surface area contributed by atoms with E-state index in [-0.39, 0.29) is 0 Å². The van der Waals surface area contributed by atoms with E-state index in [4.69, 9.17) is 4.98 Å². The predicted octanol–water partition coefficient (Wildman–Crippen LogP) is 3.58. The van der Waals surface area contributed by atoms with E-state index in [0.29, 0.717) is 6.04 Å². The summed E-state index contributed by atoms with van der Waals surface area (Å²) in [6, 6.07) is 0.705. The number of nitrogens with zero attached hydrogens (tertiary/aromatic N) is 2. The van der Waals surface area contributed by atoms with Crippen molar-refractivity contribution in [3.8, 4) is 0 Å². The molecule has 0 radical (unpaired) electrons. The highest BCUT2D eigenvalue weighted by molar-refractivity contribution is 7.15. The molecule has 1 atom stereocenters. The van der Waals surface area contributed by atoms with Gasteiger partial charge in [-0.25, -0.2) is 4.98 Å². The minimum absolute atomic E-state index is 0.705. The van der Waals surface area contributed by atoms with Crippen LogP contribution in [0.1, 0.15) is 57.0 Å². The minimum Gasteiger partial charge on any atom is -0.345 e. The normalized spacial score (nSPS) is 19.9. The maximum absolute atomic E-state index is 4.91. The fourth-order valence-electron chi connectivity index (χ4n) is 2.82. The molecule has 1 fully saturated rings. The molecule has 1 N–H and O–H groups in total. The first-order valence-electron chi connectivity index (χ1n) is 7.76. The highest BCUT2D eigenvalue weighted by atomic mass is 32.1. The summed E-state index contributed by atoms with van der Waals surface area (Å²) in [4.78, 5) is 8.90. The van der Waals surface area contributed by atoms with E-state index in [1.807, 2.05) is 11.3 Å². The van der Waals surface area contributed by atoms with Crippen LogP contribution in [0.2, 0.25) is 0 Å². The molecule has 4 heteroatoms. The van der Waals surface area contributed by atoms with Crippen molar-refractivity contribution in [2.75, 3.05) is 18.0 Å². The number of piperidine rings is 1. The molecule has 108 valence electrons. The Hall–Kier alpha value is -0.610. The van der Waals surface area contributed by atoms with E-state index in [0.717, 1.165) is 19.5 Å². The zero-order chi connectivity index (χ0) is 13.7. The van der Waals surface area contributed by atoms with Crippen LogP contribution in [-0.4, -0.2) is 24.1 Å². The topological polar surface area (TPSA) is 28.2 Å². The Morgan fingerprint density at radius 1 is 1.32 bits per heavy atom. The summed E-state index contributed by atoms with van der Waals surface area (Å²) in [5, 5.41) is 4.69. The maximum Gasteiger partial charge on any atom is 0.186 e. The summed E-state index contributed by atoms with van der Waals surface area (Å²) in [5.41, 5.74) is 1.29. The molecule has 19 heavy (non-hydrogen) atoms. The molecule has 1 aliphatic heterocycles. The molecular formula is C15H27N3S. The number of hydrogen-bond donors (Lipinski definition) is 1. The number of aryl methyl sites for hydroxylation is 1. The van der Waals surface area contributed by atoms with E-state index in [1.54, 1.807) is 0 Å². The molecule has 1 unspecified atom stereocenters. The first-order chi connectivity index (χ1) is 9.30. The average molecular weight is 281 g/mol. The summed E-state index contributed by atoms with van der Waals surface area (Å²) < 4.78 is 0. The molecule has 0 aliphatic carbocycles. The predicted molar refractivity (Wildman–Crippen MR) is 84.1 cm³/mol. The minimum atomic E-state index is 0.705. The lowest BCUT2D eigenvalue weighted by molar-refractivity contribution is 0.449. The van der Waals surface area contributed by atoms with Crippen molar-refractivity contribution < 1.29 is 0 Å². The van der Waals surface area contributed by atoms with Crippen molar-refractivity contribution in [3.05, 3.63) is 10.6 Å². The van der Waals surface area contributed by atoms with Crippen LogP contribution in [0.4, 0.5) is 5.13 Å². The monoisotopic (exact) mass is 281 g/mol. The lowest BCUT2D eigenvalue weighted by atomic mass is 10.0. The van der Waals surface area contributed by atoms with Crippen LogP contribution < -0.4 is 10.2 Å². The fraction of sp³-hybridized carbons (Fsp3) is 0.800. The molecule has 0 spiro atoms. The van der Waals surface area contributed by atoms with Crippen LogP contribution in [0.5, 0.6) is 0 Å². The van der Waals surface area contributed by atoms with Gasteiger partial charge in [0.05, 0.1) is 5.69 Å². The number of rotatable bonds is 6. The molecule has 2 heterocycles. The van der Waals surface area contributed by atoms with E-state index in [1.165, 1.54) is 47.9 Å². The number of thiazole rings is 1. The first-order valence-corrected chi connectivity index (χ1v) is 8.57. The molecule has 2 rings (SSSR count). The number of anilines is 1. The Bertz CT molecular complexity index is 389. The molecule has 1 aromatic rings. The molecule has 1 aliphatic rings. The summed E-state index contributed by atoms with van der Waals surface area (Å²) in [6.45, 7) is 9.86. The van der Waals surface area contributed by atoms with Crippen LogP contribution >= 0.6 is 11.3 Å². The van der Waals surface area contributed by atoms with Gasteiger partial charge in [-0.3, -0.25) is 0 Å². The van der Waals surface area contributed by atoms with Gasteiger partial charge in [0.1, 0.15) is 0 Å². The van der Waals surface area contributed by atoms with Gasteiger partial charge >= 0.3 is 0 Å². The molecule has 1 aromatic heterocycles. The van der Waals surface area contributed by atoms with Gasteiger partial charge in [-0.05, 0) is 38.6 Å². The quantitative estimate of drug-likeness (QED) is 0.864. The highest BCUT2D eigenvalue weighted by Crippen LogP contribution is 2.32. The zero-order valence-electron chi connectivity index (χ0n) is 12.5. The van der Waals surface area contributed by atoms with Crippen LogP contribution in [0.25, 0.3) is 0 Å². The van der Waals surface area contributed by atoms with Gasteiger partial charge < -0.3 is 10.2 Å².